The van der Waals surface area contributed by atoms with Crippen molar-refractivity contribution in [3.8, 4) is 28.5 Å². The van der Waals surface area contributed by atoms with Crippen LogP contribution >= 0.6 is 11.6 Å². The molecule has 0 aliphatic heterocycles. The van der Waals surface area contributed by atoms with Gasteiger partial charge in [-0.05, 0) is 48.5 Å². The molecule has 21 heavy (non-hydrogen) atoms. The Morgan fingerprint density at radius 3 is 1.86 bits per heavy atom. The fraction of sp³-hybridized carbons (Fsp3) is 0.0625. The van der Waals surface area contributed by atoms with Gasteiger partial charge in [0.2, 0.25) is 0 Å². The van der Waals surface area contributed by atoms with E-state index in [0.29, 0.717) is 16.7 Å². The third-order valence-corrected chi connectivity index (χ3v) is 3.27. The van der Waals surface area contributed by atoms with E-state index in [9.17, 15) is 0 Å². The van der Waals surface area contributed by atoms with Crippen LogP contribution in [0.1, 0.15) is 0 Å². The molecule has 0 aliphatic rings. The highest BCUT2D eigenvalue weighted by Gasteiger charge is 2.06. The smallest absolute Gasteiger partial charge is 0.163 e. The number of methoxy groups -OCH3 is 1. The summed E-state index contributed by atoms with van der Waals surface area (Å²) in [5, 5.41) is 0.684. The average molecular weight is 298 g/mol. The van der Waals surface area contributed by atoms with Crippen LogP contribution in [-0.4, -0.2) is 22.1 Å². The summed E-state index contributed by atoms with van der Waals surface area (Å²) in [4.78, 5) is 12.9. The number of rotatable bonds is 3. The van der Waals surface area contributed by atoms with Crippen LogP contribution in [0.25, 0.3) is 22.8 Å². The second kappa shape index (κ2) is 5.89. The fourth-order valence-electron chi connectivity index (χ4n) is 1.91. The number of nitrogens with zero attached hydrogens (tertiary/aromatic N) is 3. The van der Waals surface area contributed by atoms with Crippen LogP contribution in [0.15, 0.2) is 54.9 Å². The maximum absolute atomic E-state index is 5.89. The van der Waals surface area contributed by atoms with E-state index < -0.39 is 0 Å². The average Bonchev–Trinajstić information content (AvgIpc) is 2.56. The third kappa shape index (κ3) is 3.01. The number of halogens is 1. The van der Waals surface area contributed by atoms with Gasteiger partial charge in [-0.1, -0.05) is 11.6 Å². The highest BCUT2D eigenvalue weighted by molar-refractivity contribution is 6.30. The summed E-state index contributed by atoms with van der Waals surface area (Å²) in [7, 11) is 1.64. The molecule has 1 heterocycles. The van der Waals surface area contributed by atoms with E-state index in [1.807, 2.05) is 48.5 Å². The van der Waals surface area contributed by atoms with Gasteiger partial charge in [-0.3, -0.25) is 0 Å². The normalized spacial score (nSPS) is 10.4. The lowest BCUT2D eigenvalue weighted by Crippen LogP contribution is -1.95. The van der Waals surface area contributed by atoms with Crippen LogP contribution in [0.2, 0.25) is 5.02 Å². The highest BCUT2D eigenvalue weighted by Crippen LogP contribution is 2.22. The van der Waals surface area contributed by atoms with E-state index in [1.165, 1.54) is 6.33 Å². The molecule has 0 bridgehead atoms. The van der Waals surface area contributed by atoms with Crippen molar-refractivity contribution in [3.63, 3.8) is 0 Å². The second-order valence-electron chi connectivity index (χ2n) is 4.37. The molecule has 0 fully saturated rings. The van der Waals surface area contributed by atoms with Crippen molar-refractivity contribution in [2.24, 2.45) is 0 Å². The summed E-state index contributed by atoms with van der Waals surface area (Å²) in [6.07, 6.45) is 1.51. The zero-order valence-corrected chi connectivity index (χ0v) is 12.1. The molecule has 4 nitrogen and oxygen atoms in total. The Balaban J connectivity index is 1.97. The van der Waals surface area contributed by atoms with Crippen LogP contribution in [0.3, 0.4) is 0 Å². The molecule has 0 saturated carbocycles. The minimum Gasteiger partial charge on any atom is -0.497 e. The van der Waals surface area contributed by atoms with Gasteiger partial charge in [0.15, 0.2) is 11.6 Å². The van der Waals surface area contributed by atoms with Crippen molar-refractivity contribution in [2.75, 3.05) is 7.11 Å². The van der Waals surface area contributed by atoms with Crippen LogP contribution in [-0.2, 0) is 0 Å². The number of hydrogen-bond acceptors (Lipinski definition) is 4. The van der Waals surface area contributed by atoms with Gasteiger partial charge in [-0.15, -0.1) is 0 Å². The highest BCUT2D eigenvalue weighted by atomic mass is 35.5. The largest absolute Gasteiger partial charge is 0.497 e. The zero-order chi connectivity index (χ0) is 14.7. The van der Waals surface area contributed by atoms with Gasteiger partial charge in [0.25, 0.3) is 0 Å². The summed E-state index contributed by atoms with van der Waals surface area (Å²) in [6.45, 7) is 0. The van der Waals surface area contributed by atoms with Gasteiger partial charge in [-0.2, -0.15) is 0 Å². The quantitative estimate of drug-likeness (QED) is 0.736. The van der Waals surface area contributed by atoms with Crippen molar-refractivity contribution >= 4 is 11.6 Å². The minimum absolute atomic E-state index is 0.618. The summed E-state index contributed by atoms with van der Waals surface area (Å²) < 4.78 is 5.14. The van der Waals surface area contributed by atoms with Gasteiger partial charge < -0.3 is 4.74 Å². The van der Waals surface area contributed by atoms with Crippen LogP contribution in [0.4, 0.5) is 0 Å². The molecule has 3 aromatic rings. The van der Waals surface area contributed by atoms with Crippen molar-refractivity contribution in [2.45, 2.75) is 0 Å². The molecule has 0 atom stereocenters. The standard InChI is InChI=1S/C16H12ClN3O/c1-21-14-8-4-12(5-9-14)16-19-10-18-15(20-16)11-2-6-13(17)7-3-11/h2-10H,1H3. The minimum atomic E-state index is 0.618. The molecule has 3 rings (SSSR count). The first kappa shape index (κ1) is 13.5. The SMILES string of the molecule is COc1ccc(-c2ncnc(-c3ccc(Cl)cc3)n2)cc1. The van der Waals surface area contributed by atoms with Crippen molar-refractivity contribution in [1.29, 1.82) is 0 Å². The van der Waals surface area contributed by atoms with E-state index in [1.54, 1.807) is 7.11 Å². The van der Waals surface area contributed by atoms with E-state index >= 15 is 0 Å². The molecular formula is C16H12ClN3O. The maximum atomic E-state index is 5.89. The monoisotopic (exact) mass is 297 g/mol. The Bertz CT molecular complexity index is 742. The van der Waals surface area contributed by atoms with Crippen molar-refractivity contribution in [3.05, 3.63) is 59.9 Å². The summed E-state index contributed by atoms with van der Waals surface area (Å²) in [5.41, 5.74) is 1.81. The van der Waals surface area contributed by atoms with Crippen LogP contribution < -0.4 is 4.74 Å². The first-order valence-electron chi connectivity index (χ1n) is 6.35. The lowest BCUT2D eigenvalue weighted by atomic mass is 10.2. The molecule has 5 heteroatoms. The Labute approximate surface area is 127 Å². The molecule has 0 saturated heterocycles. The van der Waals surface area contributed by atoms with Gasteiger partial charge in [0.05, 0.1) is 7.11 Å². The fourth-order valence-corrected chi connectivity index (χ4v) is 2.04. The maximum Gasteiger partial charge on any atom is 0.163 e. The van der Waals surface area contributed by atoms with Crippen molar-refractivity contribution < 1.29 is 4.74 Å². The summed E-state index contributed by atoms with van der Waals surface area (Å²) >= 11 is 5.89. The molecule has 0 radical (unpaired) electrons. The van der Waals surface area contributed by atoms with Crippen LogP contribution in [0, 0.1) is 0 Å². The third-order valence-electron chi connectivity index (χ3n) is 3.02. The Morgan fingerprint density at radius 1 is 0.810 bits per heavy atom. The van der Waals surface area contributed by atoms with E-state index in [-0.39, 0.29) is 0 Å². The molecule has 1 aromatic heterocycles. The van der Waals surface area contributed by atoms with E-state index in [4.69, 9.17) is 16.3 Å². The zero-order valence-electron chi connectivity index (χ0n) is 11.3. The van der Waals surface area contributed by atoms with Gasteiger partial charge in [0, 0.05) is 16.1 Å². The molecule has 2 aromatic carbocycles. The number of benzene rings is 2. The number of ether oxygens (including phenoxy) is 1. The van der Waals surface area contributed by atoms with E-state index in [2.05, 4.69) is 15.0 Å². The summed E-state index contributed by atoms with van der Waals surface area (Å²) in [6, 6.07) is 15.0. The Morgan fingerprint density at radius 2 is 1.33 bits per heavy atom. The lowest BCUT2D eigenvalue weighted by Gasteiger charge is -2.04. The first-order valence-corrected chi connectivity index (χ1v) is 6.73. The molecule has 0 N–H and O–H groups in total. The molecule has 0 aliphatic carbocycles. The predicted molar refractivity (Wildman–Crippen MR) is 82.3 cm³/mol. The predicted octanol–water partition coefficient (Wildman–Crippen LogP) is 3.87. The summed E-state index contributed by atoms with van der Waals surface area (Å²) in [5.74, 6) is 2.04. The second-order valence-corrected chi connectivity index (χ2v) is 4.80. The van der Waals surface area contributed by atoms with Gasteiger partial charge >= 0.3 is 0 Å². The van der Waals surface area contributed by atoms with Gasteiger partial charge in [0.1, 0.15) is 12.1 Å². The topological polar surface area (TPSA) is 47.9 Å². The number of aromatic nitrogens is 3. The molecule has 0 unspecified atom stereocenters. The van der Waals surface area contributed by atoms with E-state index in [0.717, 1.165) is 16.9 Å². The molecule has 104 valence electrons. The Hall–Kier alpha value is -2.46. The molecule has 0 amide bonds. The first-order chi connectivity index (χ1) is 10.3. The molecular weight excluding hydrogens is 286 g/mol. The molecule has 0 spiro atoms. The van der Waals surface area contributed by atoms with Crippen molar-refractivity contribution in [1.82, 2.24) is 15.0 Å². The van der Waals surface area contributed by atoms with Crippen LogP contribution in [0.5, 0.6) is 5.75 Å². The lowest BCUT2D eigenvalue weighted by molar-refractivity contribution is 0.415. The Kier molecular flexibility index (Phi) is 3.79. The van der Waals surface area contributed by atoms with Gasteiger partial charge in [-0.25, -0.2) is 15.0 Å². The number of hydrogen-bond donors (Lipinski definition) is 0.